The number of carbonyl (C=O) groups is 1. The monoisotopic (exact) mass is 339 g/mol. The summed E-state index contributed by atoms with van der Waals surface area (Å²) in [6.45, 7) is 2.55. The van der Waals surface area contributed by atoms with Crippen LogP contribution in [0.15, 0.2) is 29.6 Å². The molecule has 0 unspecified atom stereocenters. The first-order valence-electron chi connectivity index (χ1n) is 7.17. The van der Waals surface area contributed by atoms with Gasteiger partial charge in [-0.05, 0) is 30.5 Å². The highest BCUT2D eigenvalue weighted by Crippen LogP contribution is 2.18. The zero-order valence-electron chi connectivity index (χ0n) is 12.9. The number of rotatable bonds is 6. The van der Waals surface area contributed by atoms with Gasteiger partial charge < -0.3 is 10.6 Å². The van der Waals surface area contributed by atoms with Crippen LogP contribution >= 0.6 is 23.7 Å². The van der Waals surface area contributed by atoms with Gasteiger partial charge in [0.15, 0.2) is 0 Å². The van der Waals surface area contributed by atoms with Gasteiger partial charge >= 0.3 is 0 Å². The van der Waals surface area contributed by atoms with Crippen LogP contribution in [0.2, 0.25) is 0 Å². The van der Waals surface area contributed by atoms with Gasteiger partial charge in [0.2, 0.25) is 0 Å². The molecule has 2 N–H and O–H groups in total. The molecule has 0 spiro atoms. The maximum absolute atomic E-state index is 12.4. The van der Waals surface area contributed by atoms with Gasteiger partial charge in [-0.2, -0.15) is 0 Å². The topological polar surface area (TPSA) is 59.2 Å². The van der Waals surface area contributed by atoms with E-state index in [1.54, 1.807) is 17.3 Å². The molecule has 0 radical (unpaired) electrons. The summed E-state index contributed by atoms with van der Waals surface area (Å²) in [7, 11) is 1.77. The first-order chi connectivity index (χ1) is 10.2. The van der Waals surface area contributed by atoms with E-state index in [0.717, 1.165) is 17.1 Å². The summed E-state index contributed by atoms with van der Waals surface area (Å²) in [4.78, 5) is 18.2. The number of benzene rings is 1. The van der Waals surface area contributed by atoms with E-state index in [4.69, 9.17) is 5.73 Å². The number of aryl methyl sites for hydroxylation is 1. The highest BCUT2D eigenvalue weighted by Gasteiger charge is 2.16. The van der Waals surface area contributed by atoms with Gasteiger partial charge in [-0.3, -0.25) is 4.79 Å². The minimum atomic E-state index is -0.104. The lowest BCUT2D eigenvalue weighted by atomic mass is 10.1. The van der Waals surface area contributed by atoms with Crippen LogP contribution in [0.1, 0.15) is 40.8 Å². The zero-order valence-corrected chi connectivity index (χ0v) is 14.5. The summed E-state index contributed by atoms with van der Waals surface area (Å²) < 4.78 is 0. The molecule has 22 heavy (non-hydrogen) atoms. The Morgan fingerprint density at radius 1 is 1.32 bits per heavy atom. The second-order valence-corrected chi connectivity index (χ2v) is 5.91. The third-order valence-corrected chi connectivity index (χ3v) is 4.26. The third-order valence-electron chi connectivity index (χ3n) is 3.39. The highest BCUT2D eigenvalue weighted by atomic mass is 35.5. The number of unbranched alkanes of at least 4 members (excludes halogenated alkanes) is 1. The van der Waals surface area contributed by atoms with Gasteiger partial charge in [-0.25, -0.2) is 4.98 Å². The Hall–Kier alpha value is -1.43. The molecule has 120 valence electrons. The van der Waals surface area contributed by atoms with Crippen molar-refractivity contribution in [1.29, 1.82) is 0 Å². The van der Waals surface area contributed by atoms with Crippen molar-refractivity contribution < 1.29 is 4.79 Å². The molecular weight excluding hydrogens is 318 g/mol. The summed E-state index contributed by atoms with van der Waals surface area (Å²) in [5, 5.41) is 2.54. The van der Waals surface area contributed by atoms with Gasteiger partial charge in [0, 0.05) is 24.7 Å². The molecule has 2 rings (SSSR count). The zero-order chi connectivity index (χ0) is 15.2. The number of thiazole rings is 1. The van der Waals surface area contributed by atoms with Crippen molar-refractivity contribution in [3.05, 3.63) is 45.9 Å². The van der Waals surface area contributed by atoms with Gasteiger partial charge in [0.05, 0.1) is 0 Å². The van der Waals surface area contributed by atoms with Gasteiger partial charge in [0.1, 0.15) is 10.7 Å². The van der Waals surface area contributed by atoms with Crippen LogP contribution in [0.4, 0.5) is 5.69 Å². The molecule has 0 bridgehead atoms. The van der Waals surface area contributed by atoms with Crippen LogP contribution in [0.3, 0.4) is 0 Å². The Morgan fingerprint density at radius 3 is 2.55 bits per heavy atom. The van der Waals surface area contributed by atoms with Crippen LogP contribution in [0, 0.1) is 0 Å². The van der Waals surface area contributed by atoms with Crippen molar-refractivity contribution in [2.75, 3.05) is 11.9 Å². The Labute approximate surface area is 141 Å². The molecule has 6 heteroatoms. The fourth-order valence-electron chi connectivity index (χ4n) is 2.06. The number of carbonyl (C=O) groups excluding carboxylic acids is 1. The Bertz CT molecular complexity index is 598. The van der Waals surface area contributed by atoms with Gasteiger partial charge in [0.25, 0.3) is 5.91 Å². The number of anilines is 1. The van der Waals surface area contributed by atoms with Crippen molar-refractivity contribution >= 4 is 35.3 Å². The molecule has 0 aliphatic carbocycles. The van der Waals surface area contributed by atoms with Crippen molar-refractivity contribution in [3.63, 3.8) is 0 Å². The van der Waals surface area contributed by atoms with E-state index in [1.807, 2.05) is 12.1 Å². The van der Waals surface area contributed by atoms with E-state index >= 15 is 0 Å². The molecule has 0 saturated carbocycles. The van der Waals surface area contributed by atoms with Crippen molar-refractivity contribution in [1.82, 2.24) is 4.98 Å². The average Bonchev–Trinajstić information content (AvgIpc) is 3.01. The number of nitrogens with zero attached hydrogens (tertiary/aromatic N) is 2. The molecule has 0 atom stereocenters. The van der Waals surface area contributed by atoms with Crippen LogP contribution in [-0.4, -0.2) is 17.9 Å². The van der Waals surface area contributed by atoms with E-state index in [-0.39, 0.29) is 18.3 Å². The van der Waals surface area contributed by atoms with E-state index in [0.29, 0.717) is 12.2 Å². The van der Waals surface area contributed by atoms with Crippen molar-refractivity contribution in [2.45, 2.75) is 32.7 Å². The summed E-state index contributed by atoms with van der Waals surface area (Å²) in [5.74, 6) is -0.104. The van der Waals surface area contributed by atoms with Crippen molar-refractivity contribution in [2.24, 2.45) is 5.73 Å². The van der Waals surface area contributed by atoms with Gasteiger partial charge in [-0.1, -0.05) is 25.5 Å². The predicted molar refractivity (Wildman–Crippen MR) is 95.0 cm³/mol. The lowest BCUT2D eigenvalue weighted by Crippen LogP contribution is -2.26. The summed E-state index contributed by atoms with van der Waals surface area (Å²) >= 11 is 1.42. The number of hydrogen-bond donors (Lipinski definition) is 1. The van der Waals surface area contributed by atoms with E-state index in [1.165, 1.54) is 29.7 Å². The van der Waals surface area contributed by atoms with E-state index in [2.05, 4.69) is 24.0 Å². The molecule has 0 saturated heterocycles. The first kappa shape index (κ1) is 18.6. The number of hydrogen-bond acceptors (Lipinski definition) is 4. The third kappa shape index (κ3) is 4.53. The number of aromatic nitrogens is 1. The fourth-order valence-corrected chi connectivity index (χ4v) is 2.71. The smallest absolute Gasteiger partial charge is 0.277 e. The summed E-state index contributed by atoms with van der Waals surface area (Å²) in [6, 6.07) is 8.14. The molecule has 0 aliphatic heterocycles. The normalized spacial score (nSPS) is 10.1. The molecule has 1 amide bonds. The second kappa shape index (κ2) is 8.88. The highest BCUT2D eigenvalue weighted by molar-refractivity contribution is 7.09. The minimum Gasteiger partial charge on any atom is -0.325 e. The second-order valence-electron chi connectivity index (χ2n) is 4.96. The first-order valence-corrected chi connectivity index (χ1v) is 8.05. The minimum absolute atomic E-state index is 0. The van der Waals surface area contributed by atoms with Crippen molar-refractivity contribution in [3.8, 4) is 0 Å². The molecule has 4 nitrogen and oxygen atoms in total. The maximum atomic E-state index is 12.4. The van der Waals surface area contributed by atoms with E-state index < -0.39 is 0 Å². The van der Waals surface area contributed by atoms with Crippen LogP contribution < -0.4 is 10.6 Å². The molecule has 0 aliphatic rings. The van der Waals surface area contributed by atoms with Gasteiger partial charge in [-0.15, -0.1) is 23.7 Å². The number of nitrogens with two attached hydrogens (primary N) is 1. The molecule has 0 fully saturated rings. The fraction of sp³-hybridized carbons (Fsp3) is 0.375. The maximum Gasteiger partial charge on any atom is 0.277 e. The molecular formula is C16H22ClN3OS. The lowest BCUT2D eigenvalue weighted by Gasteiger charge is -2.16. The Morgan fingerprint density at radius 2 is 2.00 bits per heavy atom. The summed E-state index contributed by atoms with van der Waals surface area (Å²) in [5.41, 5.74) is 8.17. The largest absolute Gasteiger partial charge is 0.325 e. The Kier molecular flexibility index (Phi) is 7.51. The van der Waals surface area contributed by atoms with E-state index in [9.17, 15) is 4.79 Å². The molecule has 1 aromatic heterocycles. The number of amides is 1. The molecule has 1 aromatic carbocycles. The standard InChI is InChI=1S/C16H21N3OS.ClH/c1-3-4-5-12-6-8-13(9-7-12)19(2)16(20)14-11-21-15(10-17)18-14;/h6-9,11H,3-5,10,17H2,1-2H3;1H. The molecule has 2 aromatic rings. The van der Waals surface area contributed by atoms with Crippen LogP contribution in [-0.2, 0) is 13.0 Å². The van der Waals surface area contributed by atoms with Crippen LogP contribution in [0.5, 0.6) is 0 Å². The molecule has 1 heterocycles. The number of halogens is 1. The quantitative estimate of drug-likeness (QED) is 0.874. The van der Waals surface area contributed by atoms with Crippen LogP contribution in [0.25, 0.3) is 0 Å². The summed E-state index contributed by atoms with van der Waals surface area (Å²) in [6.07, 6.45) is 3.46. The Balaban J connectivity index is 0.00000242. The lowest BCUT2D eigenvalue weighted by molar-refractivity contribution is 0.0989. The average molecular weight is 340 g/mol. The SMILES string of the molecule is CCCCc1ccc(N(C)C(=O)c2csc(CN)n2)cc1.Cl. The predicted octanol–water partition coefficient (Wildman–Crippen LogP) is 3.64.